The van der Waals surface area contributed by atoms with Gasteiger partial charge in [0, 0.05) is 6.54 Å². The van der Waals surface area contributed by atoms with Crippen molar-refractivity contribution in [2.24, 2.45) is 0 Å². The molecule has 0 bridgehead atoms. The van der Waals surface area contributed by atoms with Gasteiger partial charge in [0.05, 0.1) is 6.61 Å². The summed E-state index contributed by atoms with van der Waals surface area (Å²) >= 11 is 0. The average molecular weight is 183 g/mol. The number of hydrogen-bond donors (Lipinski definition) is 2. The molecular formula is C5H13NO4S. The summed E-state index contributed by atoms with van der Waals surface area (Å²) in [6.07, 6.45) is 0. The van der Waals surface area contributed by atoms with Crippen molar-refractivity contribution in [3.8, 4) is 0 Å². The lowest BCUT2D eigenvalue weighted by molar-refractivity contribution is 0.210. The predicted molar refractivity (Wildman–Crippen MR) is 40.7 cm³/mol. The molecule has 0 heterocycles. The molecule has 0 saturated carbocycles. The van der Waals surface area contributed by atoms with E-state index >= 15 is 0 Å². The van der Waals surface area contributed by atoms with Crippen LogP contribution in [-0.2, 0) is 10.1 Å². The molecule has 2 N–H and O–H groups in total. The van der Waals surface area contributed by atoms with Gasteiger partial charge >= 0.3 is 0 Å². The van der Waals surface area contributed by atoms with Gasteiger partial charge in [0.1, 0.15) is 5.37 Å². The molecule has 0 spiro atoms. The first-order chi connectivity index (χ1) is 4.89. The fourth-order valence-corrected chi connectivity index (χ4v) is 1.13. The van der Waals surface area contributed by atoms with Gasteiger partial charge in [-0.2, -0.15) is 8.42 Å². The Morgan fingerprint density at radius 2 is 2.00 bits per heavy atom. The van der Waals surface area contributed by atoms with E-state index in [1.807, 2.05) is 0 Å². The minimum Gasteiger partial charge on any atom is -0.395 e. The van der Waals surface area contributed by atoms with Gasteiger partial charge < -0.3 is 5.11 Å². The SMILES string of the molecule is CC(N(C)CCO)S(=O)(=O)O. The van der Waals surface area contributed by atoms with Gasteiger partial charge in [-0.25, -0.2) is 0 Å². The topological polar surface area (TPSA) is 77.8 Å². The zero-order chi connectivity index (χ0) is 9.07. The Hall–Kier alpha value is -0.170. The maximum Gasteiger partial charge on any atom is 0.280 e. The molecule has 0 saturated heterocycles. The van der Waals surface area contributed by atoms with Crippen LogP contribution >= 0.6 is 0 Å². The van der Waals surface area contributed by atoms with Crippen LogP contribution in [0.2, 0.25) is 0 Å². The number of rotatable bonds is 4. The third-order valence-corrected chi connectivity index (χ3v) is 2.73. The second-order valence-corrected chi connectivity index (χ2v) is 4.03. The van der Waals surface area contributed by atoms with E-state index in [4.69, 9.17) is 9.66 Å². The third-order valence-electron chi connectivity index (χ3n) is 1.50. The molecule has 1 unspecified atom stereocenters. The van der Waals surface area contributed by atoms with Crippen LogP contribution in [0.25, 0.3) is 0 Å². The Balaban J connectivity index is 4.14. The lowest BCUT2D eigenvalue weighted by Gasteiger charge is -2.20. The Labute approximate surface area is 66.4 Å². The van der Waals surface area contributed by atoms with Gasteiger partial charge in [-0.3, -0.25) is 9.45 Å². The molecule has 5 nitrogen and oxygen atoms in total. The Morgan fingerprint density at radius 1 is 1.55 bits per heavy atom. The molecule has 6 heteroatoms. The van der Waals surface area contributed by atoms with E-state index in [-0.39, 0.29) is 13.2 Å². The molecule has 0 aromatic carbocycles. The van der Waals surface area contributed by atoms with E-state index in [9.17, 15) is 8.42 Å². The van der Waals surface area contributed by atoms with E-state index in [1.165, 1.54) is 18.9 Å². The van der Waals surface area contributed by atoms with Crippen molar-refractivity contribution in [1.29, 1.82) is 0 Å². The lowest BCUT2D eigenvalue weighted by Crippen LogP contribution is -2.37. The summed E-state index contributed by atoms with van der Waals surface area (Å²) in [4.78, 5) is 1.34. The number of nitrogens with zero attached hydrogens (tertiary/aromatic N) is 1. The first kappa shape index (κ1) is 10.8. The second kappa shape index (κ2) is 4.01. The molecule has 0 aromatic heterocycles. The minimum atomic E-state index is -4.01. The summed E-state index contributed by atoms with van der Waals surface area (Å²) in [5.41, 5.74) is 0. The number of aliphatic hydroxyl groups is 1. The van der Waals surface area contributed by atoms with Crippen LogP contribution in [0.5, 0.6) is 0 Å². The quantitative estimate of drug-likeness (QED) is 0.555. The van der Waals surface area contributed by atoms with E-state index in [0.29, 0.717) is 0 Å². The van der Waals surface area contributed by atoms with Crippen LogP contribution in [0, 0.1) is 0 Å². The van der Waals surface area contributed by atoms with Gasteiger partial charge in [-0.1, -0.05) is 0 Å². The minimum absolute atomic E-state index is 0.129. The van der Waals surface area contributed by atoms with E-state index < -0.39 is 15.5 Å². The lowest BCUT2D eigenvalue weighted by atomic mass is 10.5. The van der Waals surface area contributed by atoms with Crippen molar-refractivity contribution < 1.29 is 18.1 Å². The van der Waals surface area contributed by atoms with Crippen LogP contribution < -0.4 is 0 Å². The van der Waals surface area contributed by atoms with Crippen LogP contribution in [0.15, 0.2) is 0 Å². The summed E-state index contributed by atoms with van der Waals surface area (Å²) in [5, 5.41) is 7.47. The summed E-state index contributed by atoms with van der Waals surface area (Å²) in [6, 6.07) is 0. The molecule has 0 fully saturated rings. The molecule has 0 amide bonds. The molecule has 0 aliphatic heterocycles. The van der Waals surface area contributed by atoms with Gasteiger partial charge in [0.15, 0.2) is 0 Å². The summed E-state index contributed by atoms with van der Waals surface area (Å²) in [6.45, 7) is 1.45. The van der Waals surface area contributed by atoms with Crippen LogP contribution in [-0.4, -0.2) is 48.6 Å². The molecule has 0 aromatic rings. The molecule has 0 aliphatic rings. The van der Waals surface area contributed by atoms with E-state index in [2.05, 4.69) is 0 Å². The second-order valence-electron chi connectivity index (χ2n) is 2.32. The monoisotopic (exact) mass is 183 g/mol. The van der Waals surface area contributed by atoms with E-state index in [1.54, 1.807) is 0 Å². The first-order valence-electron chi connectivity index (χ1n) is 3.17. The summed E-state index contributed by atoms with van der Waals surface area (Å²) < 4.78 is 29.5. The van der Waals surface area contributed by atoms with Crippen molar-refractivity contribution in [3.05, 3.63) is 0 Å². The average Bonchev–Trinajstić information content (AvgIpc) is 1.85. The first-order valence-corrected chi connectivity index (χ1v) is 4.67. The Kier molecular flexibility index (Phi) is 3.95. The molecule has 11 heavy (non-hydrogen) atoms. The maximum absolute atomic E-state index is 10.5. The van der Waals surface area contributed by atoms with Crippen molar-refractivity contribution in [3.63, 3.8) is 0 Å². The highest BCUT2D eigenvalue weighted by atomic mass is 32.2. The fraction of sp³-hybridized carbons (Fsp3) is 1.00. The highest BCUT2D eigenvalue weighted by Gasteiger charge is 2.20. The van der Waals surface area contributed by atoms with E-state index in [0.717, 1.165) is 0 Å². The molecule has 0 rings (SSSR count). The number of likely N-dealkylation sites (N-methyl/N-ethyl adjacent to an activating group) is 1. The molecule has 68 valence electrons. The third kappa shape index (κ3) is 3.66. The predicted octanol–water partition coefficient (Wildman–Crippen LogP) is -0.856. The Bertz CT molecular complexity index is 201. The van der Waals surface area contributed by atoms with Gasteiger partial charge in [-0.05, 0) is 14.0 Å². The zero-order valence-corrected chi connectivity index (χ0v) is 7.37. The summed E-state index contributed by atoms with van der Waals surface area (Å²) in [7, 11) is -2.50. The van der Waals surface area contributed by atoms with Crippen molar-refractivity contribution >= 4 is 10.1 Å². The normalized spacial score (nSPS) is 15.4. The largest absolute Gasteiger partial charge is 0.395 e. The van der Waals surface area contributed by atoms with Crippen molar-refractivity contribution in [2.75, 3.05) is 20.2 Å². The Morgan fingerprint density at radius 3 is 2.27 bits per heavy atom. The maximum atomic E-state index is 10.5. The molecule has 1 atom stereocenters. The fourth-order valence-electron chi connectivity index (χ4n) is 0.567. The van der Waals surface area contributed by atoms with Crippen molar-refractivity contribution in [2.45, 2.75) is 12.3 Å². The van der Waals surface area contributed by atoms with Gasteiger partial charge in [-0.15, -0.1) is 0 Å². The highest BCUT2D eigenvalue weighted by molar-refractivity contribution is 7.86. The zero-order valence-electron chi connectivity index (χ0n) is 6.56. The van der Waals surface area contributed by atoms with Crippen molar-refractivity contribution in [1.82, 2.24) is 4.90 Å². The number of aliphatic hydroxyl groups excluding tert-OH is 1. The van der Waals surface area contributed by atoms with Crippen LogP contribution in [0.4, 0.5) is 0 Å². The van der Waals surface area contributed by atoms with Crippen LogP contribution in [0.3, 0.4) is 0 Å². The summed E-state index contributed by atoms with van der Waals surface area (Å²) in [5.74, 6) is 0. The highest BCUT2D eigenvalue weighted by Crippen LogP contribution is 2.01. The molecule has 0 radical (unpaired) electrons. The van der Waals surface area contributed by atoms with Crippen LogP contribution in [0.1, 0.15) is 6.92 Å². The molecule has 0 aliphatic carbocycles. The standard InChI is InChI=1S/C5H13NO4S/c1-5(11(8,9)10)6(2)3-4-7/h5,7H,3-4H2,1-2H3,(H,8,9,10). The van der Waals surface area contributed by atoms with Gasteiger partial charge in [0.25, 0.3) is 10.1 Å². The number of hydrogen-bond acceptors (Lipinski definition) is 4. The van der Waals surface area contributed by atoms with Gasteiger partial charge in [0.2, 0.25) is 0 Å². The smallest absolute Gasteiger partial charge is 0.280 e. The molecular weight excluding hydrogens is 170 g/mol.